The molecule has 1 heterocycles. The molecule has 82 valence electrons. The number of oxime groups is 1. The van der Waals surface area contributed by atoms with Crippen LogP contribution in [0.5, 0.6) is 0 Å². The number of carboxylic acids is 1. The highest BCUT2D eigenvalue weighted by molar-refractivity contribution is 6.36. The maximum absolute atomic E-state index is 10.8. The number of carboxylic acid groups (broad SMARTS) is 1. The Morgan fingerprint density at radius 3 is 2.27 bits per heavy atom. The average molecular weight is 209 g/mol. The second-order valence-electron chi connectivity index (χ2n) is 5.29. The Hall–Kier alpha value is -1.06. The fourth-order valence-electron chi connectivity index (χ4n) is 2.82. The van der Waals surface area contributed by atoms with Crippen LogP contribution in [0.1, 0.15) is 44.9 Å². The Labute approximate surface area is 88.3 Å². The first-order valence-corrected chi connectivity index (χ1v) is 5.62. The molecule has 0 aromatic rings. The van der Waals surface area contributed by atoms with Crippen LogP contribution in [-0.4, -0.2) is 22.4 Å². The molecule has 2 spiro atoms. The first-order chi connectivity index (χ1) is 7.13. The van der Waals surface area contributed by atoms with Crippen LogP contribution in [0.15, 0.2) is 5.16 Å². The van der Waals surface area contributed by atoms with Crippen LogP contribution < -0.4 is 0 Å². The van der Waals surface area contributed by atoms with E-state index in [1.54, 1.807) is 0 Å². The van der Waals surface area contributed by atoms with E-state index in [-0.39, 0.29) is 11.3 Å². The zero-order valence-corrected chi connectivity index (χ0v) is 8.66. The quantitative estimate of drug-likeness (QED) is 0.718. The van der Waals surface area contributed by atoms with Gasteiger partial charge in [0.1, 0.15) is 5.60 Å². The van der Waals surface area contributed by atoms with Crippen LogP contribution in [0.2, 0.25) is 0 Å². The fourth-order valence-corrected chi connectivity index (χ4v) is 2.82. The number of rotatable bonds is 1. The molecule has 4 nitrogen and oxygen atoms in total. The minimum absolute atomic E-state index is 0.196. The molecule has 0 bridgehead atoms. The molecule has 0 aromatic carbocycles. The first kappa shape index (κ1) is 9.19. The van der Waals surface area contributed by atoms with Gasteiger partial charge in [0.25, 0.3) is 0 Å². The second-order valence-corrected chi connectivity index (χ2v) is 5.29. The Morgan fingerprint density at radius 2 is 1.80 bits per heavy atom. The molecule has 15 heavy (non-hydrogen) atoms. The van der Waals surface area contributed by atoms with Gasteiger partial charge in [-0.05, 0) is 43.9 Å². The molecular formula is C11H15NO3. The van der Waals surface area contributed by atoms with Gasteiger partial charge in [-0.2, -0.15) is 0 Å². The summed E-state index contributed by atoms with van der Waals surface area (Å²) in [5.41, 5.74) is 0.545. The van der Waals surface area contributed by atoms with E-state index in [9.17, 15) is 4.79 Å². The second kappa shape index (κ2) is 2.74. The van der Waals surface area contributed by atoms with Crippen LogP contribution >= 0.6 is 0 Å². The predicted octanol–water partition coefficient (Wildman–Crippen LogP) is 1.94. The van der Waals surface area contributed by atoms with Gasteiger partial charge in [0.15, 0.2) is 5.71 Å². The third kappa shape index (κ3) is 1.43. The van der Waals surface area contributed by atoms with Gasteiger partial charge in [-0.3, -0.25) is 0 Å². The predicted molar refractivity (Wildman–Crippen MR) is 53.6 cm³/mol. The van der Waals surface area contributed by atoms with Gasteiger partial charge in [-0.15, -0.1) is 0 Å². The lowest BCUT2D eigenvalue weighted by atomic mass is 9.75. The van der Waals surface area contributed by atoms with Gasteiger partial charge in [0.05, 0.1) is 0 Å². The summed E-state index contributed by atoms with van der Waals surface area (Å²) in [6, 6.07) is 0. The normalized spacial score (nSPS) is 30.0. The van der Waals surface area contributed by atoms with Gasteiger partial charge in [0.2, 0.25) is 0 Å². The molecule has 1 N–H and O–H groups in total. The summed E-state index contributed by atoms with van der Waals surface area (Å²) in [6.45, 7) is 0. The van der Waals surface area contributed by atoms with Crippen molar-refractivity contribution in [3.05, 3.63) is 0 Å². The smallest absolute Gasteiger partial charge is 0.353 e. The standard InChI is InChI=1S/C11H15NO3/c13-9(14)8-7-11(15-12-8)5-3-10(1-2-10)4-6-11/h1-7H2,(H,13,14). The summed E-state index contributed by atoms with van der Waals surface area (Å²) in [5.74, 6) is -0.932. The SMILES string of the molecule is O=C(O)C1=NOC2(CCC3(CC3)CC2)C1. The van der Waals surface area contributed by atoms with Crippen molar-refractivity contribution >= 4 is 11.7 Å². The average Bonchev–Trinajstić information content (AvgIpc) is 2.86. The van der Waals surface area contributed by atoms with Crippen molar-refractivity contribution in [2.75, 3.05) is 0 Å². The van der Waals surface area contributed by atoms with E-state index in [1.165, 1.54) is 25.7 Å². The Kier molecular flexibility index (Phi) is 1.68. The van der Waals surface area contributed by atoms with E-state index in [1.807, 2.05) is 0 Å². The van der Waals surface area contributed by atoms with E-state index < -0.39 is 5.97 Å². The maximum Gasteiger partial charge on any atom is 0.353 e. The molecule has 3 aliphatic rings. The third-order valence-corrected chi connectivity index (χ3v) is 4.26. The zero-order valence-electron chi connectivity index (χ0n) is 8.66. The summed E-state index contributed by atoms with van der Waals surface area (Å²) >= 11 is 0. The number of hydrogen-bond acceptors (Lipinski definition) is 3. The number of aliphatic carboxylic acids is 1. The van der Waals surface area contributed by atoms with Crippen molar-refractivity contribution < 1.29 is 14.7 Å². The summed E-state index contributed by atoms with van der Waals surface area (Å²) in [7, 11) is 0. The van der Waals surface area contributed by atoms with Crippen molar-refractivity contribution in [3.63, 3.8) is 0 Å². The topological polar surface area (TPSA) is 58.9 Å². The van der Waals surface area contributed by atoms with Gasteiger partial charge in [0, 0.05) is 6.42 Å². The highest BCUT2D eigenvalue weighted by atomic mass is 16.7. The zero-order chi connectivity index (χ0) is 10.5. The highest BCUT2D eigenvalue weighted by Crippen LogP contribution is 2.59. The summed E-state index contributed by atoms with van der Waals surface area (Å²) in [5, 5.41) is 12.5. The van der Waals surface area contributed by atoms with Crippen molar-refractivity contribution in [2.45, 2.75) is 50.5 Å². The van der Waals surface area contributed by atoms with Gasteiger partial charge in [-0.25, -0.2) is 4.79 Å². The van der Waals surface area contributed by atoms with Crippen LogP contribution in [0.3, 0.4) is 0 Å². The molecule has 0 unspecified atom stereocenters. The minimum atomic E-state index is -0.932. The van der Waals surface area contributed by atoms with Crippen LogP contribution in [0, 0.1) is 5.41 Å². The van der Waals surface area contributed by atoms with Gasteiger partial charge in [-0.1, -0.05) is 5.16 Å². The first-order valence-electron chi connectivity index (χ1n) is 5.62. The number of nitrogens with zero attached hydrogens (tertiary/aromatic N) is 1. The van der Waals surface area contributed by atoms with Crippen molar-refractivity contribution in [1.82, 2.24) is 0 Å². The molecule has 0 radical (unpaired) electrons. The Bertz CT molecular complexity index is 334. The monoisotopic (exact) mass is 209 g/mol. The molecule has 0 amide bonds. The van der Waals surface area contributed by atoms with Crippen LogP contribution in [-0.2, 0) is 9.63 Å². The maximum atomic E-state index is 10.8. The summed E-state index contributed by atoms with van der Waals surface area (Å²) in [4.78, 5) is 16.1. The van der Waals surface area contributed by atoms with Crippen molar-refractivity contribution in [3.8, 4) is 0 Å². The molecule has 3 rings (SSSR count). The van der Waals surface area contributed by atoms with E-state index in [4.69, 9.17) is 9.94 Å². The lowest BCUT2D eigenvalue weighted by Crippen LogP contribution is -2.35. The molecule has 2 aliphatic carbocycles. The van der Waals surface area contributed by atoms with Crippen LogP contribution in [0.25, 0.3) is 0 Å². The molecule has 2 fully saturated rings. The Morgan fingerprint density at radius 1 is 1.20 bits per heavy atom. The molecule has 2 saturated carbocycles. The summed E-state index contributed by atoms with van der Waals surface area (Å²) < 4.78 is 0. The lowest BCUT2D eigenvalue weighted by Gasteiger charge is -2.34. The lowest BCUT2D eigenvalue weighted by molar-refractivity contribution is -0.129. The van der Waals surface area contributed by atoms with Crippen molar-refractivity contribution in [1.29, 1.82) is 0 Å². The molecule has 4 heteroatoms. The molecular weight excluding hydrogens is 194 g/mol. The van der Waals surface area contributed by atoms with E-state index in [0.29, 0.717) is 11.8 Å². The highest BCUT2D eigenvalue weighted by Gasteiger charge is 2.52. The van der Waals surface area contributed by atoms with Crippen LogP contribution in [0.4, 0.5) is 0 Å². The largest absolute Gasteiger partial charge is 0.477 e. The summed E-state index contributed by atoms with van der Waals surface area (Å²) in [6.07, 6.45) is 7.55. The number of carbonyl (C=O) groups is 1. The molecule has 0 atom stereocenters. The van der Waals surface area contributed by atoms with Gasteiger partial charge < -0.3 is 9.94 Å². The molecule has 0 saturated heterocycles. The van der Waals surface area contributed by atoms with E-state index in [2.05, 4.69) is 5.16 Å². The fraction of sp³-hybridized carbons (Fsp3) is 0.818. The van der Waals surface area contributed by atoms with Crippen molar-refractivity contribution in [2.24, 2.45) is 10.6 Å². The third-order valence-electron chi connectivity index (χ3n) is 4.26. The van der Waals surface area contributed by atoms with E-state index >= 15 is 0 Å². The van der Waals surface area contributed by atoms with E-state index in [0.717, 1.165) is 12.8 Å². The molecule has 1 aliphatic heterocycles. The minimum Gasteiger partial charge on any atom is -0.477 e. The molecule has 0 aromatic heterocycles. The number of hydrogen-bond donors (Lipinski definition) is 1. The van der Waals surface area contributed by atoms with Gasteiger partial charge >= 0.3 is 5.97 Å². The Balaban J connectivity index is 1.67.